The van der Waals surface area contributed by atoms with Gasteiger partial charge in [0.2, 0.25) is 0 Å². The van der Waals surface area contributed by atoms with Gasteiger partial charge >= 0.3 is 0 Å². The molecule has 0 radical (unpaired) electrons. The lowest BCUT2D eigenvalue weighted by Gasteiger charge is -2.13. The summed E-state index contributed by atoms with van der Waals surface area (Å²) in [5, 5.41) is 0.138. The minimum absolute atomic E-state index is 0.00465. The summed E-state index contributed by atoms with van der Waals surface area (Å²) in [6, 6.07) is 9.74. The molecule has 2 aromatic carbocycles. The molecule has 106 valence electrons. The molecule has 0 aliphatic rings. The fourth-order valence-corrected chi connectivity index (χ4v) is 3.91. The Morgan fingerprint density at radius 3 is 2.55 bits per heavy atom. The van der Waals surface area contributed by atoms with E-state index in [4.69, 9.17) is 17.3 Å². The standard InChI is InChI=1S/C13H12BrClN2O2S/c1-8-3-2-4-11(16)13(8)17-20(18,19)12-6-5-9(14)7-10(12)15/h2-7,17H,16H2,1H3. The van der Waals surface area contributed by atoms with Crippen LogP contribution < -0.4 is 10.5 Å². The fraction of sp³-hybridized carbons (Fsp3) is 0.0769. The Labute approximate surface area is 131 Å². The Kier molecular flexibility index (Phi) is 4.27. The van der Waals surface area contributed by atoms with E-state index >= 15 is 0 Å². The normalized spacial score (nSPS) is 11.3. The highest BCUT2D eigenvalue weighted by Gasteiger charge is 2.20. The number of nitrogen functional groups attached to an aromatic ring is 1. The van der Waals surface area contributed by atoms with Crippen molar-refractivity contribution in [1.29, 1.82) is 0 Å². The molecule has 0 atom stereocenters. The van der Waals surface area contributed by atoms with E-state index in [1.807, 2.05) is 0 Å². The van der Waals surface area contributed by atoms with E-state index in [-0.39, 0.29) is 9.92 Å². The number of hydrogen-bond acceptors (Lipinski definition) is 3. The molecule has 2 rings (SSSR count). The second-order valence-electron chi connectivity index (χ2n) is 4.22. The maximum atomic E-state index is 12.4. The van der Waals surface area contributed by atoms with Gasteiger partial charge in [-0.1, -0.05) is 39.7 Å². The van der Waals surface area contributed by atoms with Crippen molar-refractivity contribution < 1.29 is 8.42 Å². The second-order valence-corrected chi connectivity index (χ2v) is 7.19. The van der Waals surface area contributed by atoms with Crippen molar-refractivity contribution >= 4 is 48.9 Å². The van der Waals surface area contributed by atoms with Crippen molar-refractivity contribution in [2.45, 2.75) is 11.8 Å². The molecule has 0 aromatic heterocycles. The number of aryl methyl sites for hydroxylation is 1. The highest BCUT2D eigenvalue weighted by molar-refractivity contribution is 9.10. The first-order chi connectivity index (χ1) is 9.31. The molecule has 0 amide bonds. The third kappa shape index (κ3) is 3.08. The molecule has 3 N–H and O–H groups in total. The molecule has 0 saturated carbocycles. The number of nitrogens with one attached hydrogen (secondary N) is 1. The molecule has 0 aliphatic carbocycles. The molecule has 4 nitrogen and oxygen atoms in total. The van der Waals surface area contributed by atoms with E-state index in [1.165, 1.54) is 12.1 Å². The lowest BCUT2D eigenvalue weighted by atomic mass is 10.2. The van der Waals surface area contributed by atoms with Gasteiger partial charge in [-0.05, 0) is 36.8 Å². The van der Waals surface area contributed by atoms with Crippen LogP contribution in [0.3, 0.4) is 0 Å². The molecule has 0 spiro atoms. The third-order valence-electron chi connectivity index (χ3n) is 2.72. The summed E-state index contributed by atoms with van der Waals surface area (Å²) in [6.07, 6.45) is 0. The van der Waals surface area contributed by atoms with Crippen molar-refractivity contribution in [1.82, 2.24) is 0 Å². The average molecular weight is 376 g/mol. The van der Waals surface area contributed by atoms with Crippen LogP contribution in [0, 0.1) is 6.92 Å². The molecule has 0 saturated heterocycles. The number of benzene rings is 2. The zero-order valence-electron chi connectivity index (χ0n) is 10.5. The lowest BCUT2D eigenvalue weighted by Crippen LogP contribution is -2.15. The van der Waals surface area contributed by atoms with E-state index in [0.717, 1.165) is 5.56 Å². The van der Waals surface area contributed by atoms with Gasteiger partial charge in [0.25, 0.3) is 10.0 Å². The van der Waals surface area contributed by atoms with Gasteiger partial charge in [-0.15, -0.1) is 0 Å². The molecular formula is C13H12BrClN2O2S. The van der Waals surface area contributed by atoms with E-state index in [2.05, 4.69) is 20.7 Å². The second kappa shape index (κ2) is 5.63. The zero-order valence-corrected chi connectivity index (χ0v) is 13.7. The van der Waals surface area contributed by atoms with Crippen LogP contribution in [0.4, 0.5) is 11.4 Å². The number of anilines is 2. The Morgan fingerprint density at radius 1 is 1.25 bits per heavy atom. The predicted molar refractivity (Wildman–Crippen MR) is 85.6 cm³/mol. The number of nitrogens with two attached hydrogens (primary N) is 1. The van der Waals surface area contributed by atoms with Crippen molar-refractivity contribution in [3.8, 4) is 0 Å². The van der Waals surface area contributed by atoms with Crippen LogP contribution in [0.25, 0.3) is 0 Å². The van der Waals surface area contributed by atoms with Gasteiger partial charge in [0.05, 0.1) is 16.4 Å². The number of hydrogen-bond donors (Lipinski definition) is 2. The largest absolute Gasteiger partial charge is 0.397 e. The molecule has 20 heavy (non-hydrogen) atoms. The Bertz CT molecular complexity index is 743. The first kappa shape index (κ1) is 15.2. The van der Waals surface area contributed by atoms with Crippen LogP contribution in [0.15, 0.2) is 45.8 Å². The van der Waals surface area contributed by atoms with Crippen molar-refractivity contribution in [2.75, 3.05) is 10.5 Å². The van der Waals surface area contributed by atoms with Crippen LogP contribution in [0.5, 0.6) is 0 Å². The monoisotopic (exact) mass is 374 g/mol. The van der Waals surface area contributed by atoms with E-state index in [9.17, 15) is 8.42 Å². The molecule has 7 heteroatoms. The molecule has 0 aliphatic heterocycles. The first-order valence-electron chi connectivity index (χ1n) is 5.64. The summed E-state index contributed by atoms with van der Waals surface area (Å²) in [6.45, 7) is 1.78. The molecule has 0 heterocycles. The van der Waals surface area contributed by atoms with Gasteiger partial charge in [0.1, 0.15) is 4.90 Å². The maximum absolute atomic E-state index is 12.4. The molecule has 0 bridgehead atoms. The Hall–Kier alpha value is -1.24. The predicted octanol–water partition coefficient (Wildman–Crippen LogP) is 3.79. The highest BCUT2D eigenvalue weighted by atomic mass is 79.9. The summed E-state index contributed by atoms with van der Waals surface area (Å²) < 4.78 is 27.9. The summed E-state index contributed by atoms with van der Waals surface area (Å²) in [5.41, 5.74) is 7.27. The molecule has 0 fully saturated rings. The number of halogens is 2. The van der Waals surface area contributed by atoms with Gasteiger partial charge in [0.15, 0.2) is 0 Å². The van der Waals surface area contributed by atoms with E-state index < -0.39 is 10.0 Å². The van der Waals surface area contributed by atoms with Crippen LogP contribution in [0.1, 0.15) is 5.56 Å². The van der Waals surface area contributed by atoms with Crippen LogP contribution in [-0.4, -0.2) is 8.42 Å². The minimum Gasteiger partial charge on any atom is -0.397 e. The third-order valence-corrected chi connectivity index (χ3v) is 5.05. The first-order valence-corrected chi connectivity index (χ1v) is 8.29. The maximum Gasteiger partial charge on any atom is 0.263 e. The summed E-state index contributed by atoms with van der Waals surface area (Å²) in [5.74, 6) is 0. The van der Waals surface area contributed by atoms with Gasteiger partial charge in [0, 0.05) is 4.47 Å². The minimum atomic E-state index is -3.79. The summed E-state index contributed by atoms with van der Waals surface area (Å²) in [7, 11) is -3.79. The highest BCUT2D eigenvalue weighted by Crippen LogP contribution is 2.30. The number of sulfonamides is 1. The molecule has 0 unspecified atom stereocenters. The lowest BCUT2D eigenvalue weighted by molar-refractivity contribution is 0.601. The number of para-hydroxylation sites is 1. The topological polar surface area (TPSA) is 72.2 Å². The van der Waals surface area contributed by atoms with Crippen LogP contribution in [0.2, 0.25) is 5.02 Å². The van der Waals surface area contributed by atoms with Crippen LogP contribution in [-0.2, 0) is 10.0 Å². The van der Waals surface area contributed by atoms with E-state index in [1.54, 1.807) is 31.2 Å². The van der Waals surface area contributed by atoms with Crippen molar-refractivity contribution in [3.63, 3.8) is 0 Å². The smallest absolute Gasteiger partial charge is 0.263 e. The fourth-order valence-electron chi connectivity index (χ4n) is 1.71. The van der Waals surface area contributed by atoms with Crippen molar-refractivity contribution in [2.24, 2.45) is 0 Å². The van der Waals surface area contributed by atoms with E-state index in [0.29, 0.717) is 15.8 Å². The Balaban J connectivity index is 2.46. The summed E-state index contributed by atoms with van der Waals surface area (Å²) in [4.78, 5) is 0.00465. The molecule has 2 aromatic rings. The van der Waals surface area contributed by atoms with Gasteiger partial charge in [-0.25, -0.2) is 8.42 Å². The van der Waals surface area contributed by atoms with Gasteiger partial charge < -0.3 is 5.73 Å². The average Bonchev–Trinajstić information content (AvgIpc) is 2.33. The van der Waals surface area contributed by atoms with Gasteiger partial charge in [-0.3, -0.25) is 4.72 Å². The summed E-state index contributed by atoms with van der Waals surface area (Å²) >= 11 is 9.21. The molecular weight excluding hydrogens is 364 g/mol. The van der Waals surface area contributed by atoms with Crippen molar-refractivity contribution in [3.05, 3.63) is 51.5 Å². The quantitative estimate of drug-likeness (QED) is 0.802. The van der Waals surface area contributed by atoms with Crippen LogP contribution >= 0.6 is 27.5 Å². The zero-order chi connectivity index (χ0) is 14.9. The number of rotatable bonds is 3. The Morgan fingerprint density at radius 2 is 1.95 bits per heavy atom. The SMILES string of the molecule is Cc1cccc(N)c1NS(=O)(=O)c1ccc(Br)cc1Cl. The van der Waals surface area contributed by atoms with Gasteiger partial charge in [-0.2, -0.15) is 0 Å².